The molecule has 2 aromatic rings. The minimum Gasteiger partial charge on any atom is -0.400 e. The van der Waals surface area contributed by atoms with Crippen LogP contribution >= 0.6 is 0 Å². The van der Waals surface area contributed by atoms with Crippen molar-refractivity contribution >= 4 is 5.82 Å². The van der Waals surface area contributed by atoms with E-state index in [4.69, 9.17) is 16.6 Å². The Morgan fingerprint density at radius 3 is 2.63 bits per heavy atom. The average molecular weight is 408 g/mol. The summed E-state index contributed by atoms with van der Waals surface area (Å²) in [5, 5.41) is 33.7. The number of aromatic nitrogens is 4. The van der Waals surface area contributed by atoms with E-state index in [1.807, 2.05) is 13.0 Å². The second kappa shape index (κ2) is 10.5. The number of aliphatic hydroxyl groups excluding tert-OH is 1. The molecule has 0 fully saturated rings. The van der Waals surface area contributed by atoms with Crippen molar-refractivity contribution in [3.63, 3.8) is 0 Å². The maximum atomic E-state index is 9.37. The zero-order valence-electron chi connectivity index (χ0n) is 16.9. The fraction of sp³-hybridized carbons (Fsp3) is 0.263. The van der Waals surface area contributed by atoms with Crippen LogP contribution in [0.2, 0.25) is 0 Å². The SMILES string of the molecule is C=C(C/C(C)=C(/N)C(/N=N/c1nn(-c2ncccn2)cc1C#N)=C(C)N)NCCO. The van der Waals surface area contributed by atoms with Crippen LogP contribution in [0.3, 0.4) is 0 Å². The summed E-state index contributed by atoms with van der Waals surface area (Å²) < 4.78 is 1.34. The van der Waals surface area contributed by atoms with Crippen LogP contribution in [0.25, 0.3) is 5.95 Å². The quantitative estimate of drug-likeness (QED) is 0.356. The molecule has 0 bridgehead atoms. The molecule has 0 radical (unpaired) electrons. The van der Waals surface area contributed by atoms with Crippen molar-refractivity contribution in [3.8, 4) is 12.0 Å². The molecule has 0 aliphatic rings. The summed E-state index contributed by atoms with van der Waals surface area (Å²) in [7, 11) is 0. The molecule has 0 saturated heterocycles. The Hall–Kier alpha value is -4.04. The second-order valence-electron chi connectivity index (χ2n) is 6.33. The molecular formula is C19H24N10O. The largest absolute Gasteiger partial charge is 0.400 e. The molecule has 156 valence electrons. The lowest BCUT2D eigenvalue weighted by Gasteiger charge is -2.12. The Morgan fingerprint density at radius 1 is 1.33 bits per heavy atom. The zero-order chi connectivity index (χ0) is 22.1. The summed E-state index contributed by atoms with van der Waals surface area (Å²) in [5.74, 6) is 0.383. The first kappa shape index (κ1) is 22.3. The van der Waals surface area contributed by atoms with Crippen molar-refractivity contribution in [2.24, 2.45) is 21.7 Å². The normalized spacial score (nSPS) is 12.9. The number of allylic oxidation sites excluding steroid dienone is 2. The highest BCUT2D eigenvalue weighted by molar-refractivity contribution is 5.47. The number of nitriles is 1. The highest BCUT2D eigenvalue weighted by atomic mass is 16.3. The number of hydrogen-bond donors (Lipinski definition) is 4. The fourth-order valence-electron chi connectivity index (χ4n) is 2.38. The lowest BCUT2D eigenvalue weighted by molar-refractivity contribution is 0.296. The summed E-state index contributed by atoms with van der Waals surface area (Å²) in [6.07, 6.45) is 5.03. The van der Waals surface area contributed by atoms with Crippen molar-refractivity contribution in [3.05, 3.63) is 65.2 Å². The van der Waals surface area contributed by atoms with Crippen LogP contribution in [0.4, 0.5) is 5.82 Å². The Kier molecular flexibility index (Phi) is 7.78. The molecule has 30 heavy (non-hydrogen) atoms. The molecule has 0 saturated carbocycles. The van der Waals surface area contributed by atoms with E-state index in [2.05, 4.69) is 37.2 Å². The van der Waals surface area contributed by atoms with Crippen molar-refractivity contribution in [2.75, 3.05) is 13.2 Å². The van der Waals surface area contributed by atoms with Gasteiger partial charge >= 0.3 is 0 Å². The van der Waals surface area contributed by atoms with Crippen molar-refractivity contribution < 1.29 is 5.11 Å². The molecule has 2 aromatic heterocycles. The maximum absolute atomic E-state index is 9.37. The second-order valence-corrected chi connectivity index (χ2v) is 6.33. The van der Waals surface area contributed by atoms with Crippen LogP contribution < -0.4 is 16.8 Å². The van der Waals surface area contributed by atoms with E-state index in [0.29, 0.717) is 36.0 Å². The maximum Gasteiger partial charge on any atom is 0.250 e. The van der Waals surface area contributed by atoms with Gasteiger partial charge < -0.3 is 21.9 Å². The number of nitrogens with one attached hydrogen (secondary N) is 1. The molecule has 0 amide bonds. The Labute approximate surface area is 174 Å². The molecule has 0 unspecified atom stereocenters. The fourth-order valence-corrected chi connectivity index (χ4v) is 2.38. The molecule has 0 aromatic carbocycles. The van der Waals surface area contributed by atoms with Gasteiger partial charge in [-0.25, -0.2) is 14.6 Å². The van der Waals surface area contributed by atoms with Gasteiger partial charge in [0.15, 0.2) is 0 Å². The predicted octanol–water partition coefficient (Wildman–Crippen LogP) is 1.53. The number of nitrogens with two attached hydrogens (primary N) is 2. The van der Waals surface area contributed by atoms with E-state index in [1.165, 1.54) is 10.9 Å². The molecule has 6 N–H and O–H groups in total. The van der Waals surface area contributed by atoms with E-state index in [0.717, 1.165) is 5.57 Å². The van der Waals surface area contributed by atoms with Gasteiger partial charge in [-0.3, -0.25) is 0 Å². The van der Waals surface area contributed by atoms with Crippen LogP contribution in [0.5, 0.6) is 0 Å². The minimum atomic E-state index is 0.000429. The number of nitrogens with zero attached hydrogens (tertiary/aromatic N) is 7. The van der Waals surface area contributed by atoms with Gasteiger partial charge in [-0.2, -0.15) is 5.26 Å². The lowest BCUT2D eigenvalue weighted by Crippen LogP contribution is -2.18. The number of rotatable bonds is 9. The van der Waals surface area contributed by atoms with Gasteiger partial charge in [-0.1, -0.05) is 6.58 Å². The monoisotopic (exact) mass is 408 g/mol. The third-order valence-electron chi connectivity index (χ3n) is 3.87. The molecule has 11 nitrogen and oxygen atoms in total. The van der Waals surface area contributed by atoms with Crippen LogP contribution in [0.1, 0.15) is 25.8 Å². The summed E-state index contributed by atoms with van der Waals surface area (Å²) in [4.78, 5) is 8.16. The van der Waals surface area contributed by atoms with Crippen molar-refractivity contribution in [1.82, 2.24) is 25.1 Å². The average Bonchev–Trinajstić information content (AvgIpc) is 3.15. The van der Waals surface area contributed by atoms with E-state index in [1.54, 1.807) is 25.4 Å². The summed E-state index contributed by atoms with van der Waals surface area (Å²) >= 11 is 0. The summed E-state index contributed by atoms with van der Waals surface area (Å²) in [6.45, 7) is 7.76. The van der Waals surface area contributed by atoms with Crippen LogP contribution in [0, 0.1) is 11.3 Å². The first-order chi connectivity index (χ1) is 14.4. The van der Waals surface area contributed by atoms with E-state index < -0.39 is 0 Å². The third-order valence-corrected chi connectivity index (χ3v) is 3.87. The first-order valence-electron chi connectivity index (χ1n) is 9.00. The molecule has 2 rings (SSSR count). The Bertz CT molecular complexity index is 1020. The van der Waals surface area contributed by atoms with Gasteiger partial charge in [-0.15, -0.1) is 15.3 Å². The predicted molar refractivity (Wildman–Crippen MR) is 111 cm³/mol. The molecule has 0 atom stereocenters. The standard InChI is InChI=1S/C19H24N10O/c1-12(9-13(2)23-7-8-30)16(22)17(14(3)21)26-27-18-15(10-20)11-29(28-18)19-24-5-4-6-25-19/h4-6,11,23,30H,2,7-9,21-22H2,1,3H3/b16-12+,17-14?,27-26+. The third kappa shape index (κ3) is 5.73. The Morgan fingerprint density at radius 2 is 2.03 bits per heavy atom. The van der Waals surface area contributed by atoms with Crippen molar-refractivity contribution in [1.29, 1.82) is 5.26 Å². The highest BCUT2D eigenvalue weighted by Gasteiger charge is 2.13. The zero-order valence-corrected chi connectivity index (χ0v) is 16.9. The van der Waals surface area contributed by atoms with Gasteiger partial charge in [0.25, 0.3) is 5.95 Å². The Balaban J connectivity index is 2.30. The van der Waals surface area contributed by atoms with Crippen molar-refractivity contribution in [2.45, 2.75) is 20.3 Å². The topological polar surface area (TPSA) is 176 Å². The van der Waals surface area contributed by atoms with Crippen LogP contribution in [-0.2, 0) is 0 Å². The first-order valence-corrected chi connectivity index (χ1v) is 9.00. The van der Waals surface area contributed by atoms with E-state index in [9.17, 15) is 5.26 Å². The molecule has 0 aliphatic carbocycles. The molecular weight excluding hydrogens is 384 g/mol. The number of hydrogen-bond acceptors (Lipinski definition) is 10. The molecule has 0 aliphatic heterocycles. The molecule has 11 heteroatoms. The van der Waals surface area contributed by atoms with Crippen LogP contribution in [-0.4, -0.2) is 38.0 Å². The summed E-state index contributed by atoms with van der Waals surface area (Å²) in [5.41, 5.74) is 14.8. The highest BCUT2D eigenvalue weighted by Crippen LogP contribution is 2.22. The molecule has 0 spiro atoms. The van der Waals surface area contributed by atoms with Gasteiger partial charge in [-0.05, 0) is 25.5 Å². The van der Waals surface area contributed by atoms with Gasteiger partial charge in [0.2, 0.25) is 5.82 Å². The van der Waals surface area contributed by atoms with E-state index >= 15 is 0 Å². The van der Waals surface area contributed by atoms with E-state index in [-0.39, 0.29) is 23.7 Å². The van der Waals surface area contributed by atoms with Gasteiger partial charge in [0.05, 0.1) is 18.5 Å². The number of azo groups is 1. The number of aliphatic hydroxyl groups is 1. The van der Waals surface area contributed by atoms with Gasteiger partial charge in [0.1, 0.15) is 17.3 Å². The van der Waals surface area contributed by atoms with Crippen LogP contribution in [0.15, 0.2) is 69.8 Å². The van der Waals surface area contributed by atoms with Gasteiger partial charge in [0, 0.05) is 36.8 Å². The molecule has 2 heterocycles. The minimum absolute atomic E-state index is 0.000429. The lowest BCUT2D eigenvalue weighted by atomic mass is 10.1. The summed E-state index contributed by atoms with van der Waals surface area (Å²) in [6, 6.07) is 3.68. The smallest absolute Gasteiger partial charge is 0.250 e.